The lowest BCUT2D eigenvalue weighted by Gasteiger charge is -2.04. The topological polar surface area (TPSA) is 78.8 Å². The minimum Gasteiger partial charge on any atom is -0.338 e. The molecule has 0 radical (unpaired) electrons. The van der Waals surface area contributed by atoms with Gasteiger partial charge in [0, 0.05) is 10.9 Å². The molecule has 2 aromatic carbocycles. The van der Waals surface area contributed by atoms with Crippen LogP contribution in [-0.2, 0) is 0 Å². The molecule has 25 heavy (non-hydrogen) atoms. The van der Waals surface area contributed by atoms with Crippen molar-refractivity contribution in [3.63, 3.8) is 0 Å². The Balaban J connectivity index is 1.53. The first-order valence-electron chi connectivity index (χ1n) is 8.21. The van der Waals surface area contributed by atoms with E-state index in [0.29, 0.717) is 17.5 Å². The lowest BCUT2D eigenvalue weighted by molar-refractivity contribution is 0.866. The second-order valence-electron chi connectivity index (χ2n) is 6.19. The highest BCUT2D eigenvalue weighted by molar-refractivity contribution is 6.03. The normalized spacial score (nSPS) is 11.8. The van der Waals surface area contributed by atoms with Gasteiger partial charge in [-0.1, -0.05) is 56.3 Å². The predicted molar refractivity (Wildman–Crippen MR) is 101 cm³/mol. The minimum atomic E-state index is 0.356. The monoisotopic (exact) mass is 330 g/mol. The number of nitrogens with zero attached hydrogens (tertiary/aromatic N) is 4. The molecular formula is C19H18N6. The molecule has 0 saturated carbocycles. The molecule has 2 N–H and O–H groups in total. The maximum absolute atomic E-state index is 4.43. The second-order valence-corrected chi connectivity index (χ2v) is 6.19. The Labute approximate surface area is 145 Å². The molecule has 2 heterocycles. The van der Waals surface area contributed by atoms with Crippen LogP contribution in [0, 0.1) is 0 Å². The Bertz CT molecular complexity index is 1050. The number of anilines is 1. The van der Waals surface area contributed by atoms with Crippen LogP contribution in [0.25, 0.3) is 22.1 Å². The molecular weight excluding hydrogens is 312 g/mol. The second kappa shape index (κ2) is 6.32. The quantitative estimate of drug-likeness (QED) is 0.436. The molecule has 4 rings (SSSR count). The number of nitrogens with one attached hydrogen (secondary N) is 2. The van der Waals surface area contributed by atoms with Crippen LogP contribution in [-0.4, -0.2) is 26.4 Å². The van der Waals surface area contributed by atoms with Crippen LogP contribution in [0.5, 0.6) is 0 Å². The van der Waals surface area contributed by atoms with Gasteiger partial charge in [-0.05, 0) is 23.1 Å². The Morgan fingerprint density at radius 1 is 1.04 bits per heavy atom. The summed E-state index contributed by atoms with van der Waals surface area (Å²) in [6.45, 7) is 4.35. The highest BCUT2D eigenvalue weighted by Gasteiger charge is 2.07. The van der Waals surface area contributed by atoms with E-state index in [-0.39, 0.29) is 0 Å². The molecule has 0 unspecified atom stereocenters. The molecule has 6 nitrogen and oxygen atoms in total. The van der Waals surface area contributed by atoms with Gasteiger partial charge in [0.05, 0.1) is 6.21 Å². The molecule has 0 saturated heterocycles. The zero-order valence-electron chi connectivity index (χ0n) is 14.1. The molecule has 2 aromatic heterocycles. The van der Waals surface area contributed by atoms with Crippen molar-refractivity contribution in [3.05, 3.63) is 59.7 Å². The number of aromatic nitrogens is 4. The number of rotatable bonds is 4. The minimum absolute atomic E-state index is 0.356. The highest BCUT2D eigenvalue weighted by atomic mass is 15.4. The van der Waals surface area contributed by atoms with Crippen molar-refractivity contribution in [1.29, 1.82) is 0 Å². The van der Waals surface area contributed by atoms with E-state index >= 15 is 0 Å². The fourth-order valence-corrected chi connectivity index (χ4v) is 2.70. The molecule has 0 amide bonds. The summed E-state index contributed by atoms with van der Waals surface area (Å²) in [5, 5.41) is 13.5. The number of hydrazone groups is 1. The van der Waals surface area contributed by atoms with Gasteiger partial charge in [-0.2, -0.15) is 10.1 Å². The average molecular weight is 330 g/mol. The number of fused-ring (bicyclic) bond motifs is 3. The summed E-state index contributed by atoms with van der Waals surface area (Å²) in [6, 6.07) is 16.2. The van der Waals surface area contributed by atoms with Crippen molar-refractivity contribution in [3.8, 4) is 0 Å². The summed E-state index contributed by atoms with van der Waals surface area (Å²) in [7, 11) is 0. The standard InChI is InChI=1S/C19H18N6/c1-12(2)14-9-7-13(8-10-14)11-20-24-19-22-18-17(23-25-19)15-5-3-4-6-16(15)21-18/h3-12H,1-2H3,(H2,21,22,24,25)/b20-11+. The van der Waals surface area contributed by atoms with Gasteiger partial charge in [0.1, 0.15) is 5.52 Å². The fourth-order valence-electron chi connectivity index (χ4n) is 2.70. The van der Waals surface area contributed by atoms with Crippen LogP contribution in [0.2, 0.25) is 0 Å². The maximum atomic E-state index is 4.43. The molecule has 0 aliphatic heterocycles. The van der Waals surface area contributed by atoms with Gasteiger partial charge in [0.2, 0.25) is 0 Å². The third-order valence-corrected chi connectivity index (χ3v) is 4.10. The van der Waals surface area contributed by atoms with Gasteiger partial charge in [-0.3, -0.25) is 0 Å². The Morgan fingerprint density at radius 3 is 2.64 bits per heavy atom. The Kier molecular flexibility index (Phi) is 3.85. The van der Waals surface area contributed by atoms with Crippen LogP contribution in [0.1, 0.15) is 30.9 Å². The van der Waals surface area contributed by atoms with Gasteiger partial charge in [0.25, 0.3) is 5.95 Å². The first-order valence-corrected chi connectivity index (χ1v) is 8.21. The van der Waals surface area contributed by atoms with E-state index < -0.39 is 0 Å². The van der Waals surface area contributed by atoms with E-state index in [4.69, 9.17) is 0 Å². The summed E-state index contributed by atoms with van der Waals surface area (Å²) >= 11 is 0. The predicted octanol–water partition coefficient (Wildman–Crippen LogP) is 4.08. The summed E-state index contributed by atoms with van der Waals surface area (Å²) in [6.07, 6.45) is 1.74. The first-order chi connectivity index (χ1) is 12.2. The van der Waals surface area contributed by atoms with Crippen molar-refractivity contribution in [2.75, 3.05) is 5.43 Å². The molecule has 0 bridgehead atoms. The molecule has 0 aliphatic carbocycles. The molecule has 4 aromatic rings. The molecule has 0 fully saturated rings. The zero-order chi connectivity index (χ0) is 17.2. The molecule has 124 valence electrons. The summed E-state index contributed by atoms with van der Waals surface area (Å²) < 4.78 is 0. The largest absolute Gasteiger partial charge is 0.338 e. The number of hydrogen-bond acceptors (Lipinski definition) is 5. The van der Waals surface area contributed by atoms with Gasteiger partial charge in [-0.15, -0.1) is 10.2 Å². The van der Waals surface area contributed by atoms with Crippen LogP contribution in [0.15, 0.2) is 53.6 Å². The van der Waals surface area contributed by atoms with E-state index in [9.17, 15) is 0 Å². The molecule has 0 spiro atoms. The van der Waals surface area contributed by atoms with Crippen molar-refractivity contribution >= 4 is 34.2 Å². The van der Waals surface area contributed by atoms with Gasteiger partial charge >= 0.3 is 0 Å². The van der Waals surface area contributed by atoms with E-state index in [1.54, 1.807) is 6.21 Å². The number of aromatic amines is 1. The number of para-hydroxylation sites is 1. The number of benzene rings is 2. The molecule has 0 atom stereocenters. The average Bonchev–Trinajstić information content (AvgIpc) is 3.00. The zero-order valence-corrected chi connectivity index (χ0v) is 14.1. The van der Waals surface area contributed by atoms with Crippen molar-refractivity contribution in [2.45, 2.75) is 19.8 Å². The van der Waals surface area contributed by atoms with Gasteiger partial charge in [-0.25, -0.2) is 5.43 Å². The lowest BCUT2D eigenvalue weighted by atomic mass is 10.0. The lowest BCUT2D eigenvalue weighted by Crippen LogP contribution is -1.99. The van der Waals surface area contributed by atoms with E-state index in [0.717, 1.165) is 22.0 Å². The van der Waals surface area contributed by atoms with Crippen LogP contribution >= 0.6 is 0 Å². The highest BCUT2D eigenvalue weighted by Crippen LogP contribution is 2.21. The van der Waals surface area contributed by atoms with Crippen LogP contribution < -0.4 is 5.43 Å². The Morgan fingerprint density at radius 2 is 1.84 bits per heavy atom. The van der Waals surface area contributed by atoms with Crippen molar-refractivity contribution in [1.82, 2.24) is 20.2 Å². The van der Waals surface area contributed by atoms with Crippen LogP contribution in [0.3, 0.4) is 0 Å². The van der Waals surface area contributed by atoms with Crippen molar-refractivity contribution < 1.29 is 0 Å². The summed E-state index contributed by atoms with van der Waals surface area (Å²) in [4.78, 5) is 7.66. The number of H-pyrrole nitrogens is 1. The Hall–Kier alpha value is -3.28. The third-order valence-electron chi connectivity index (χ3n) is 4.10. The first kappa shape index (κ1) is 15.3. The molecule has 6 heteroatoms. The summed E-state index contributed by atoms with van der Waals surface area (Å²) in [5.41, 5.74) is 7.59. The smallest absolute Gasteiger partial charge is 0.265 e. The van der Waals surface area contributed by atoms with Gasteiger partial charge < -0.3 is 4.98 Å². The van der Waals surface area contributed by atoms with E-state index in [1.807, 2.05) is 36.4 Å². The third kappa shape index (κ3) is 3.06. The fraction of sp³-hybridized carbons (Fsp3) is 0.158. The molecule has 0 aliphatic rings. The van der Waals surface area contributed by atoms with E-state index in [2.05, 4.69) is 56.7 Å². The van der Waals surface area contributed by atoms with Gasteiger partial charge in [0.15, 0.2) is 5.65 Å². The van der Waals surface area contributed by atoms with Crippen LogP contribution in [0.4, 0.5) is 5.95 Å². The SMILES string of the molecule is CC(C)c1ccc(/C=N/Nc2nnc3c(n2)[nH]c2ccccc23)cc1. The van der Waals surface area contributed by atoms with E-state index in [1.165, 1.54) is 5.56 Å². The van der Waals surface area contributed by atoms with Crippen molar-refractivity contribution in [2.24, 2.45) is 5.10 Å². The maximum Gasteiger partial charge on any atom is 0.265 e. The summed E-state index contributed by atoms with van der Waals surface area (Å²) in [5.74, 6) is 0.876. The number of hydrogen-bond donors (Lipinski definition) is 2.